The average molecular weight is 509 g/mol. The summed E-state index contributed by atoms with van der Waals surface area (Å²) >= 11 is 0. The number of carbonyl (C=O) groups is 2. The van der Waals surface area contributed by atoms with Crippen molar-refractivity contribution < 1.29 is 32.9 Å². The number of carbonyl (C=O) groups excluding carboxylic acids is 2. The van der Waals surface area contributed by atoms with E-state index in [0.29, 0.717) is 37.2 Å². The molecule has 0 aromatic heterocycles. The number of benzene rings is 2. The molecule has 37 heavy (non-hydrogen) atoms. The largest absolute Gasteiger partial charge is 0.494 e. The van der Waals surface area contributed by atoms with Gasteiger partial charge in [0.2, 0.25) is 0 Å². The van der Waals surface area contributed by atoms with E-state index >= 15 is 0 Å². The standard InChI is InChI=1S/C30H33FO6/c1-20-17-25(36-29(20)32)7-3-5-15-34-24-12-9-22(10-13-24)23-11-14-28(27(31)19-23)35-16-6-4-8-26-18-21(2)30(33)37-26/h9-14,19,25-26H,1-8,15-18H2. The van der Waals surface area contributed by atoms with Crippen LogP contribution in [0.5, 0.6) is 11.5 Å². The molecular weight excluding hydrogens is 475 g/mol. The molecule has 0 aliphatic carbocycles. The van der Waals surface area contributed by atoms with E-state index in [1.165, 1.54) is 6.07 Å². The zero-order chi connectivity index (χ0) is 26.2. The number of rotatable bonds is 13. The summed E-state index contributed by atoms with van der Waals surface area (Å²) in [7, 11) is 0. The van der Waals surface area contributed by atoms with Crippen LogP contribution in [0.4, 0.5) is 4.39 Å². The summed E-state index contributed by atoms with van der Waals surface area (Å²) in [5.74, 6) is -0.0194. The molecule has 0 amide bonds. The van der Waals surface area contributed by atoms with Crippen LogP contribution in [0, 0.1) is 5.82 Å². The fraction of sp³-hybridized carbons (Fsp3) is 0.400. The van der Waals surface area contributed by atoms with Crippen molar-refractivity contribution in [3.8, 4) is 22.6 Å². The SMILES string of the molecule is C=C1CC(CCCCOc2ccc(-c3ccc(OCCCCC4CC(=C)C(=O)O4)c(F)c3)cc2)OC1=O. The second-order valence-corrected chi connectivity index (χ2v) is 9.53. The Labute approximate surface area is 217 Å². The molecule has 6 nitrogen and oxygen atoms in total. The number of halogens is 1. The van der Waals surface area contributed by atoms with E-state index in [1.54, 1.807) is 6.07 Å². The number of unbranched alkanes of at least 4 members (excludes halogenated alkanes) is 2. The first-order valence-corrected chi connectivity index (χ1v) is 12.8. The van der Waals surface area contributed by atoms with Crippen LogP contribution in [0.25, 0.3) is 11.1 Å². The third-order valence-electron chi connectivity index (χ3n) is 6.56. The third kappa shape index (κ3) is 7.44. The fourth-order valence-corrected chi connectivity index (χ4v) is 4.45. The quantitative estimate of drug-likeness (QED) is 0.179. The lowest BCUT2D eigenvalue weighted by molar-refractivity contribution is -0.140. The van der Waals surface area contributed by atoms with E-state index in [2.05, 4.69) is 13.2 Å². The van der Waals surface area contributed by atoms with Gasteiger partial charge in [-0.05, 0) is 73.9 Å². The minimum atomic E-state index is -0.407. The van der Waals surface area contributed by atoms with Gasteiger partial charge >= 0.3 is 11.9 Å². The van der Waals surface area contributed by atoms with Gasteiger partial charge in [-0.3, -0.25) is 0 Å². The molecule has 196 valence electrons. The molecule has 2 unspecified atom stereocenters. The van der Waals surface area contributed by atoms with Gasteiger partial charge in [0.25, 0.3) is 0 Å². The Morgan fingerprint density at radius 2 is 1.30 bits per heavy atom. The van der Waals surface area contributed by atoms with Gasteiger partial charge in [0.15, 0.2) is 11.6 Å². The van der Waals surface area contributed by atoms with Gasteiger partial charge in [-0.1, -0.05) is 31.4 Å². The predicted molar refractivity (Wildman–Crippen MR) is 138 cm³/mol. The van der Waals surface area contributed by atoms with Crippen molar-refractivity contribution in [1.29, 1.82) is 0 Å². The summed E-state index contributed by atoms with van der Waals surface area (Å²) in [4.78, 5) is 22.7. The van der Waals surface area contributed by atoms with Crippen LogP contribution in [-0.2, 0) is 19.1 Å². The van der Waals surface area contributed by atoms with Crippen molar-refractivity contribution in [2.75, 3.05) is 13.2 Å². The molecule has 2 saturated heterocycles. The third-order valence-corrected chi connectivity index (χ3v) is 6.56. The number of hydrogen-bond acceptors (Lipinski definition) is 6. The van der Waals surface area contributed by atoms with E-state index in [-0.39, 0.29) is 29.9 Å². The molecule has 2 aliphatic heterocycles. The summed E-state index contributed by atoms with van der Waals surface area (Å²) in [6.07, 6.45) is 5.95. The number of hydrogen-bond donors (Lipinski definition) is 0. The van der Waals surface area contributed by atoms with Gasteiger partial charge in [0.05, 0.1) is 13.2 Å². The molecular formula is C30H33FO6. The van der Waals surface area contributed by atoms with Crippen LogP contribution in [0.15, 0.2) is 66.8 Å². The second-order valence-electron chi connectivity index (χ2n) is 9.53. The zero-order valence-electron chi connectivity index (χ0n) is 21.0. The van der Waals surface area contributed by atoms with E-state index in [1.807, 2.05) is 30.3 Å². The molecule has 2 aliphatic rings. The first-order chi connectivity index (χ1) is 17.9. The molecule has 7 heteroatoms. The summed E-state index contributed by atoms with van der Waals surface area (Å²) in [6, 6.07) is 12.5. The lowest BCUT2D eigenvalue weighted by Crippen LogP contribution is -2.07. The van der Waals surface area contributed by atoms with Crippen LogP contribution in [0.1, 0.15) is 51.4 Å². The Kier molecular flexibility index (Phi) is 8.99. The van der Waals surface area contributed by atoms with Crippen LogP contribution >= 0.6 is 0 Å². The molecule has 2 heterocycles. The molecule has 2 aromatic rings. The molecule has 2 aromatic carbocycles. The maximum absolute atomic E-state index is 14.6. The van der Waals surface area contributed by atoms with Gasteiger partial charge in [-0.25, -0.2) is 14.0 Å². The maximum atomic E-state index is 14.6. The Hall–Kier alpha value is -3.61. The highest BCUT2D eigenvalue weighted by Gasteiger charge is 2.27. The Morgan fingerprint density at radius 3 is 1.81 bits per heavy atom. The van der Waals surface area contributed by atoms with Gasteiger partial charge in [-0.2, -0.15) is 0 Å². The Bertz CT molecular complexity index is 1110. The van der Waals surface area contributed by atoms with Crippen LogP contribution in [0.2, 0.25) is 0 Å². The highest BCUT2D eigenvalue weighted by atomic mass is 19.1. The smallest absolute Gasteiger partial charge is 0.333 e. The summed E-state index contributed by atoms with van der Waals surface area (Å²) < 4.78 is 36.5. The minimum absolute atomic E-state index is 0.0533. The molecule has 0 radical (unpaired) electrons. The van der Waals surface area contributed by atoms with E-state index < -0.39 is 5.82 Å². The van der Waals surface area contributed by atoms with Crippen LogP contribution in [0.3, 0.4) is 0 Å². The molecule has 0 spiro atoms. The van der Waals surface area contributed by atoms with Gasteiger partial charge in [0, 0.05) is 24.0 Å². The topological polar surface area (TPSA) is 71.1 Å². The van der Waals surface area contributed by atoms with Gasteiger partial charge in [0.1, 0.15) is 18.0 Å². The fourth-order valence-electron chi connectivity index (χ4n) is 4.45. The van der Waals surface area contributed by atoms with Crippen LogP contribution in [-0.4, -0.2) is 37.4 Å². The summed E-state index contributed by atoms with van der Waals surface area (Å²) in [5.41, 5.74) is 2.72. The average Bonchev–Trinajstić information content (AvgIpc) is 3.38. The van der Waals surface area contributed by atoms with Gasteiger partial charge in [-0.15, -0.1) is 0 Å². The normalized spacial score (nSPS) is 19.2. The lowest BCUT2D eigenvalue weighted by Gasteiger charge is -2.11. The second kappa shape index (κ2) is 12.6. The van der Waals surface area contributed by atoms with E-state index in [4.69, 9.17) is 18.9 Å². The highest BCUT2D eigenvalue weighted by Crippen LogP contribution is 2.28. The Balaban J connectivity index is 1.15. The maximum Gasteiger partial charge on any atom is 0.333 e. The molecule has 2 atom stereocenters. The van der Waals surface area contributed by atoms with Crippen molar-refractivity contribution in [2.45, 2.75) is 63.6 Å². The van der Waals surface area contributed by atoms with Crippen molar-refractivity contribution >= 4 is 11.9 Å². The van der Waals surface area contributed by atoms with Crippen molar-refractivity contribution in [1.82, 2.24) is 0 Å². The van der Waals surface area contributed by atoms with Crippen LogP contribution < -0.4 is 9.47 Å². The first kappa shape index (κ1) is 26.5. The van der Waals surface area contributed by atoms with Crippen molar-refractivity contribution in [3.05, 3.63) is 72.6 Å². The number of esters is 2. The highest BCUT2D eigenvalue weighted by molar-refractivity contribution is 5.90. The summed E-state index contributed by atoms with van der Waals surface area (Å²) in [5, 5.41) is 0. The number of cyclic esters (lactones) is 2. The zero-order valence-corrected chi connectivity index (χ0v) is 21.0. The number of ether oxygens (including phenoxy) is 4. The van der Waals surface area contributed by atoms with Crippen molar-refractivity contribution in [2.24, 2.45) is 0 Å². The first-order valence-electron chi connectivity index (χ1n) is 12.8. The predicted octanol–water partition coefficient (Wildman–Crippen LogP) is 6.33. The molecule has 0 saturated carbocycles. The lowest BCUT2D eigenvalue weighted by atomic mass is 10.1. The van der Waals surface area contributed by atoms with E-state index in [0.717, 1.165) is 55.4 Å². The molecule has 0 bridgehead atoms. The molecule has 2 fully saturated rings. The van der Waals surface area contributed by atoms with E-state index in [9.17, 15) is 14.0 Å². The molecule has 0 N–H and O–H groups in total. The monoisotopic (exact) mass is 508 g/mol. The van der Waals surface area contributed by atoms with Gasteiger partial charge < -0.3 is 18.9 Å². The minimum Gasteiger partial charge on any atom is -0.494 e. The Morgan fingerprint density at radius 1 is 0.757 bits per heavy atom. The van der Waals surface area contributed by atoms with Crippen molar-refractivity contribution in [3.63, 3.8) is 0 Å². The molecule has 4 rings (SSSR count). The summed E-state index contributed by atoms with van der Waals surface area (Å²) in [6.45, 7) is 8.35.